The molecule has 8 aromatic carbocycles. The van der Waals surface area contributed by atoms with Crippen molar-refractivity contribution in [1.29, 1.82) is 0 Å². The number of pyridine rings is 3. The Morgan fingerprint density at radius 2 is 0.792 bits per heavy atom. The standard InChI is InChI=1S/C36H37ClN4O2.C35H33ClN4O4.C34H33ClN6O2/c1-9-33(42)39-14-15-40(25(7)20-39)35-29-18-30(37)28(27-17-23(5)22(4)16-24(27)6)19-32(29)41(36(43)34(35)38-8)31-13-11-10-12-26(31)21(2)3;1-6-31(41)38-14-15-39(22(4)20-38)33-26-18-27(36)25(24-11-9-13-30-34(24)44-17-16-43-30)19-29(26)40(35(42)32(33)37-5)28-12-8-7-10-23(28)21(2)3;1-6-30(42)39-13-14-40(21(4)19-39)32-26-15-27(35)25(23-17-37-33(38-18-23)22-11-12-22)16-29(26)41(34(43)31(32)36-5)28-10-8-7-9-24(28)20(2)3/h9-13,16-19,21,25H,1,14-15,20H2,2-7H3;6-13,18-19,21-22H,1,14-17,20H2,2-4H3;6-10,15-18,20-22H,1,11-14,19H2,2-4H3/t25-;22-;21-/m000/s1. The van der Waals surface area contributed by atoms with Crippen molar-refractivity contribution in [2.24, 2.45) is 0 Å². The number of rotatable bonds is 16. The van der Waals surface area contributed by atoms with Crippen LogP contribution in [-0.4, -0.2) is 146 Å². The molecular formula is C105H103Cl3N14O8. The van der Waals surface area contributed by atoms with E-state index in [1.165, 1.54) is 23.8 Å². The van der Waals surface area contributed by atoms with E-state index in [9.17, 15) is 28.8 Å². The first-order valence-corrected chi connectivity index (χ1v) is 45.1. The summed E-state index contributed by atoms with van der Waals surface area (Å²) in [6.07, 6.45) is 9.77. The zero-order valence-corrected chi connectivity index (χ0v) is 77.4. The first-order chi connectivity index (χ1) is 62.4. The van der Waals surface area contributed by atoms with Crippen molar-refractivity contribution in [2.75, 3.05) is 86.8 Å². The van der Waals surface area contributed by atoms with E-state index in [0.29, 0.717) is 166 Å². The number of carbonyl (C=O) groups is 3. The normalized spacial score (nSPS) is 16.1. The lowest BCUT2D eigenvalue weighted by atomic mass is 9.94. The van der Waals surface area contributed by atoms with E-state index in [-0.39, 0.29) is 76.2 Å². The molecule has 0 spiro atoms. The maximum absolute atomic E-state index is 14.5. The van der Waals surface area contributed by atoms with E-state index >= 15 is 0 Å². The molecule has 17 rings (SSSR count). The Labute approximate surface area is 772 Å². The lowest BCUT2D eigenvalue weighted by Crippen LogP contribution is -2.53. The highest BCUT2D eigenvalue weighted by Crippen LogP contribution is 2.50. The van der Waals surface area contributed by atoms with Crippen LogP contribution in [0.5, 0.6) is 11.5 Å². The Morgan fingerprint density at radius 1 is 0.438 bits per heavy atom. The highest BCUT2D eigenvalue weighted by Gasteiger charge is 2.38. The van der Waals surface area contributed by atoms with Crippen LogP contribution < -0.4 is 40.9 Å². The Hall–Kier alpha value is -13.6. The SMILES string of the molecule is [C-]#[N+]c1c(N2CCN(C(=O)C=C)C[C@@H]2C)c2cc(Cl)c(-c3cc(C)c(C)cc3C)cc2n(-c2ccccc2C(C)C)c1=O.[C-]#[N+]c1c(N2CCN(C(=O)C=C)C[C@@H]2C)c2cc(Cl)c(-c3cccc4c3OCCO4)cc2n(-c2ccccc2C(C)C)c1=O.[C-]#[N+]c1c(N2CCN(C(=O)C=C)C[C@@H]2C)c2cc(Cl)c(-c3cnc(C4CC4)nc3)cc2n(-c2ccccc2C(C)C)c1=O. The van der Waals surface area contributed by atoms with Crippen LogP contribution in [0.4, 0.5) is 34.1 Å². The van der Waals surface area contributed by atoms with Gasteiger partial charge in [-0.1, -0.05) is 175 Å². The molecule has 3 atom stereocenters. The molecule has 0 bridgehead atoms. The lowest BCUT2D eigenvalue weighted by Gasteiger charge is -2.42. The van der Waals surface area contributed by atoms with E-state index in [0.717, 1.165) is 85.5 Å². The van der Waals surface area contributed by atoms with Crippen LogP contribution >= 0.6 is 34.8 Å². The van der Waals surface area contributed by atoms with Crippen LogP contribution in [0.15, 0.2) is 204 Å². The first kappa shape index (κ1) is 91.2. The molecule has 0 N–H and O–H groups in total. The monoisotopic (exact) mass is 1790 g/mol. The summed E-state index contributed by atoms with van der Waals surface area (Å²) in [4.78, 5) is 113. The van der Waals surface area contributed by atoms with Gasteiger partial charge in [-0.05, 0) is 190 Å². The number of amides is 3. The second-order valence-corrected chi connectivity index (χ2v) is 36.0. The maximum Gasteiger partial charge on any atom is 0.274 e. The van der Waals surface area contributed by atoms with Crippen molar-refractivity contribution in [3.8, 4) is 61.9 Å². The fraction of sp³-hybridized carbons (Fsp3) is 0.305. The Kier molecular flexibility index (Phi) is 26.7. The molecular weight excluding hydrogens is 1690 g/mol. The fourth-order valence-corrected chi connectivity index (χ4v) is 19.4. The van der Waals surface area contributed by atoms with Crippen LogP contribution in [0.1, 0.15) is 138 Å². The van der Waals surface area contributed by atoms with Crippen LogP contribution in [0.2, 0.25) is 15.1 Å². The molecule has 25 heteroatoms. The summed E-state index contributed by atoms with van der Waals surface area (Å²) in [5.41, 5.74) is 15.9. The molecule has 1 aliphatic carbocycles. The molecule has 3 amide bonds. The minimum atomic E-state index is -0.407. The van der Waals surface area contributed by atoms with Crippen LogP contribution in [0.25, 0.3) is 97.7 Å². The summed E-state index contributed by atoms with van der Waals surface area (Å²) in [6, 6.07) is 44.5. The van der Waals surface area contributed by atoms with Gasteiger partial charge in [0.1, 0.15) is 19.0 Å². The third-order valence-electron chi connectivity index (χ3n) is 25.5. The second-order valence-electron chi connectivity index (χ2n) is 34.8. The number of benzene rings is 8. The van der Waals surface area contributed by atoms with Gasteiger partial charge >= 0.3 is 0 Å². The lowest BCUT2D eigenvalue weighted by molar-refractivity contribution is -0.127. The van der Waals surface area contributed by atoms with E-state index in [4.69, 9.17) is 64.0 Å². The smallest absolute Gasteiger partial charge is 0.274 e. The molecule has 3 saturated heterocycles. The van der Waals surface area contributed by atoms with Crippen molar-refractivity contribution in [3.05, 3.63) is 309 Å². The number of aryl methyl sites for hydroxylation is 3. The molecule has 130 heavy (non-hydrogen) atoms. The zero-order chi connectivity index (χ0) is 92.7. The number of halogens is 3. The van der Waals surface area contributed by atoms with Crippen molar-refractivity contribution in [2.45, 2.75) is 138 Å². The van der Waals surface area contributed by atoms with Crippen LogP contribution in [0, 0.1) is 40.5 Å². The minimum Gasteiger partial charge on any atom is -0.486 e. The quantitative estimate of drug-likeness (QED) is 0.0655. The van der Waals surface area contributed by atoms with Crippen molar-refractivity contribution < 1.29 is 23.9 Å². The summed E-state index contributed by atoms with van der Waals surface area (Å²) in [6.45, 7) is 65.2. The van der Waals surface area contributed by atoms with Gasteiger partial charge in [-0.15, -0.1) is 0 Å². The number of aromatic nitrogens is 5. The van der Waals surface area contributed by atoms with E-state index in [1.54, 1.807) is 40.8 Å². The molecule has 0 radical (unpaired) electrons. The summed E-state index contributed by atoms with van der Waals surface area (Å²) in [5, 5.41) is 3.58. The highest BCUT2D eigenvalue weighted by molar-refractivity contribution is 6.36. The molecule has 8 heterocycles. The predicted molar refractivity (Wildman–Crippen MR) is 525 cm³/mol. The summed E-state index contributed by atoms with van der Waals surface area (Å²) in [5.74, 6) is 2.52. The maximum atomic E-state index is 14.5. The average Bonchev–Trinajstić information content (AvgIpc) is 0.901. The number of para-hydroxylation sites is 4. The van der Waals surface area contributed by atoms with Gasteiger partial charge in [0, 0.05) is 154 Å². The Bertz CT molecular complexity index is 6950. The fourth-order valence-electron chi connectivity index (χ4n) is 18.6. The van der Waals surface area contributed by atoms with Crippen molar-refractivity contribution in [3.63, 3.8) is 0 Å². The number of fused-ring (bicyclic) bond motifs is 4. The van der Waals surface area contributed by atoms with Gasteiger partial charge in [-0.25, -0.2) is 24.5 Å². The van der Waals surface area contributed by atoms with Crippen molar-refractivity contribution in [1.82, 2.24) is 38.4 Å². The molecule has 0 unspecified atom stereocenters. The largest absolute Gasteiger partial charge is 0.486 e. The van der Waals surface area contributed by atoms with E-state index in [2.05, 4.69) is 133 Å². The van der Waals surface area contributed by atoms with E-state index < -0.39 is 11.1 Å². The topological polar surface area (TPSA) is 194 Å². The third kappa shape index (κ3) is 17.2. The minimum absolute atomic E-state index is 0.0176. The third-order valence-corrected chi connectivity index (χ3v) is 26.4. The number of anilines is 3. The average molecular weight is 1800 g/mol. The number of piperazine rings is 3. The molecule has 662 valence electrons. The number of hydrogen-bond donors (Lipinski definition) is 0. The van der Waals surface area contributed by atoms with Gasteiger partial charge in [0.05, 0.1) is 70.4 Å². The van der Waals surface area contributed by atoms with E-state index in [1.807, 2.05) is 148 Å². The molecule has 5 aliphatic rings. The zero-order valence-electron chi connectivity index (χ0n) is 75.2. The van der Waals surface area contributed by atoms with Gasteiger partial charge in [-0.3, -0.25) is 42.5 Å². The second kappa shape index (κ2) is 38.0. The first-order valence-electron chi connectivity index (χ1n) is 44.0. The molecule has 22 nitrogen and oxygen atoms in total. The predicted octanol–water partition coefficient (Wildman–Crippen LogP) is 22.0. The highest BCUT2D eigenvalue weighted by atomic mass is 35.5. The van der Waals surface area contributed by atoms with Gasteiger partial charge in [0.2, 0.25) is 17.7 Å². The summed E-state index contributed by atoms with van der Waals surface area (Å²) in [7, 11) is 0. The Balaban J connectivity index is 0.000000150. The number of carbonyl (C=O) groups excluding carboxylic acids is 3. The van der Waals surface area contributed by atoms with Gasteiger partial charge in [0.15, 0.2) is 11.5 Å². The van der Waals surface area contributed by atoms with Gasteiger partial charge < -0.3 is 38.9 Å². The van der Waals surface area contributed by atoms with Gasteiger partial charge in [0.25, 0.3) is 33.7 Å². The summed E-state index contributed by atoms with van der Waals surface area (Å²) >= 11 is 21.2. The molecule has 1 saturated carbocycles. The molecule has 4 aromatic heterocycles. The number of ether oxygens (including phenoxy) is 2. The summed E-state index contributed by atoms with van der Waals surface area (Å²) < 4.78 is 16.9. The number of hydrogen-bond acceptors (Lipinski definition) is 13. The molecule has 12 aromatic rings. The van der Waals surface area contributed by atoms with Crippen LogP contribution in [0.3, 0.4) is 0 Å². The van der Waals surface area contributed by atoms with Crippen molar-refractivity contribution >= 4 is 119 Å². The van der Waals surface area contributed by atoms with Gasteiger partial charge in [-0.2, -0.15) is 0 Å². The van der Waals surface area contributed by atoms with Crippen LogP contribution in [-0.2, 0) is 14.4 Å². The molecule has 4 aliphatic heterocycles. The number of nitrogens with zero attached hydrogens (tertiary/aromatic N) is 14. The molecule has 4 fully saturated rings. The Morgan fingerprint density at radius 3 is 1.15 bits per heavy atom.